The number of nitrogen functional groups attached to an aromatic ring is 1. The molecule has 0 saturated carbocycles. The standard InChI is InChI=1S/C32H37N5O5/c33-27-9-4-5-10-28(27)34-31(38)26-13-11-24(12-14-26)21-37(16-6-15-36-17-19-40-20-18-36)32(39)35-30-23-41-22-29(42-30)25-7-2-1-3-8-25/h1-2,4-5,7,9-14,22-23H,3,6,8,15-21,33H2,(H,34,38)(H,35,39). The number of nitrogens with two attached hydrogens (primary N) is 1. The van der Waals surface area contributed by atoms with Gasteiger partial charge >= 0.3 is 6.03 Å². The molecule has 0 aromatic heterocycles. The number of ether oxygens (including phenoxy) is 3. The van der Waals surface area contributed by atoms with Crippen LogP contribution in [0.5, 0.6) is 0 Å². The van der Waals surface area contributed by atoms with E-state index in [9.17, 15) is 9.59 Å². The van der Waals surface area contributed by atoms with Gasteiger partial charge in [-0.15, -0.1) is 0 Å². The van der Waals surface area contributed by atoms with Crippen LogP contribution in [0.3, 0.4) is 0 Å². The van der Waals surface area contributed by atoms with E-state index in [1.807, 2.05) is 36.4 Å². The van der Waals surface area contributed by atoms with Gasteiger partial charge in [-0.05, 0) is 54.7 Å². The van der Waals surface area contributed by atoms with Gasteiger partial charge in [-0.25, -0.2) is 4.79 Å². The maximum absolute atomic E-state index is 13.5. The Kier molecular flexibility index (Phi) is 9.92. The predicted octanol–water partition coefficient (Wildman–Crippen LogP) is 4.72. The van der Waals surface area contributed by atoms with Crippen molar-refractivity contribution in [3.05, 3.63) is 108 Å². The van der Waals surface area contributed by atoms with Crippen LogP contribution in [0.4, 0.5) is 16.2 Å². The number of nitrogens with zero attached hydrogens (tertiary/aromatic N) is 2. The third kappa shape index (κ3) is 8.02. The number of amides is 3. The molecule has 0 spiro atoms. The van der Waals surface area contributed by atoms with E-state index in [2.05, 4.69) is 21.6 Å². The maximum atomic E-state index is 13.5. The molecule has 2 aromatic carbocycles. The maximum Gasteiger partial charge on any atom is 0.324 e. The number of morpholine rings is 1. The highest BCUT2D eigenvalue weighted by Gasteiger charge is 2.21. The zero-order valence-electron chi connectivity index (χ0n) is 23.6. The third-order valence-electron chi connectivity index (χ3n) is 7.22. The number of para-hydroxylation sites is 2. The first-order chi connectivity index (χ1) is 20.5. The third-order valence-corrected chi connectivity index (χ3v) is 7.22. The first-order valence-corrected chi connectivity index (χ1v) is 14.3. The molecule has 3 amide bonds. The molecule has 10 heteroatoms. The van der Waals surface area contributed by atoms with Crippen LogP contribution in [0.25, 0.3) is 0 Å². The fourth-order valence-electron chi connectivity index (χ4n) is 4.86. The molecule has 220 valence electrons. The molecule has 0 radical (unpaired) electrons. The fraction of sp³-hybridized carbons (Fsp3) is 0.312. The van der Waals surface area contributed by atoms with E-state index in [0.29, 0.717) is 35.8 Å². The summed E-state index contributed by atoms with van der Waals surface area (Å²) < 4.78 is 16.9. The minimum absolute atomic E-state index is 0.235. The number of hydrogen-bond acceptors (Lipinski definition) is 7. The molecule has 1 fully saturated rings. The van der Waals surface area contributed by atoms with Gasteiger partial charge < -0.3 is 30.2 Å². The van der Waals surface area contributed by atoms with E-state index in [-0.39, 0.29) is 17.8 Å². The lowest BCUT2D eigenvalue weighted by molar-refractivity contribution is 0.0364. The molecule has 2 aliphatic heterocycles. The van der Waals surface area contributed by atoms with Crippen molar-refractivity contribution in [2.24, 2.45) is 0 Å². The first kappa shape index (κ1) is 29.0. The highest BCUT2D eigenvalue weighted by molar-refractivity contribution is 6.05. The summed E-state index contributed by atoms with van der Waals surface area (Å²) in [7, 11) is 0. The highest BCUT2D eigenvalue weighted by Crippen LogP contribution is 2.25. The normalized spacial score (nSPS) is 16.7. The lowest BCUT2D eigenvalue weighted by Crippen LogP contribution is -2.42. The quantitative estimate of drug-likeness (QED) is 0.353. The van der Waals surface area contributed by atoms with Crippen LogP contribution < -0.4 is 16.4 Å². The number of nitrogens with one attached hydrogen (secondary N) is 2. The minimum atomic E-state index is -0.299. The lowest BCUT2D eigenvalue weighted by atomic mass is 10.0. The topological polar surface area (TPSA) is 118 Å². The molecule has 2 heterocycles. The van der Waals surface area contributed by atoms with Crippen LogP contribution in [-0.4, -0.2) is 61.1 Å². The van der Waals surface area contributed by atoms with Crippen molar-refractivity contribution in [1.29, 1.82) is 0 Å². The number of urea groups is 1. The Morgan fingerprint density at radius 3 is 2.57 bits per heavy atom. The molecule has 10 nitrogen and oxygen atoms in total. The summed E-state index contributed by atoms with van der Waals surface area (Å²) in [5.74, 6) is 0.564. The van der Waals surface area contributed by atoms with Gasteiger partial charge in [0.2, 0.25) is 5.88 Å². The average Bonchev–Trinajstić information content (AvgIpc) is 3.03. The van der Waals surface area contributed by atoms with Crippen LogP contribution in [0.2, 0.25) is 0 Å². The van der Waals surface area contributed by atoms with E-state index < -0.39 is 0 Å². The Bertz CT molecular complexity index is 1380. The highest BCUT2D eigenvalue weighted by atomic mass is 16.6. The van der Waals surface area contributed by atoms with Gasteiger partial charge in [0.1, 0.15) is 6.26 Å². The average molecular weight is 572 g/mol. The number of hydrogen-bond donors (Lipinski definition) is 3. The summed E-state index contributed by atoms with van der Waals surface area (Å²) in [5, 5.41) is 5.70. The number of carbonyl (C=O) groups excluding carboxylic acids is 2. The van der Waals surface area contributed by atoms with Crippen LogP contribution in [-0.2, 0) is 20.8 Å². The van der Waals surface area contributed by atoms with Crippen molar-refractivity contribution in [2.75, 3.05) is 50.4 Å². The number of allylic oxidation sites excluding steroid dienone is 4. The van der Waals surface area contributed by atoms with Crippen molar-refractivity contribution >= 4 is 23.3 Å². The van der Waals surface area contributed by atoms with Crippen LogP contribution in [0, 0.1) is 0 Å². The molecule has 5 rings (SSSR count). The Morgan fingerprint density at radius 1 is 1.00 bits per heavy atom. The zero-order chi connectivity index (χ0) is 29.1. The van der Waals surface area contributed by atoms with Crippen LogP contribution >= 0.6 is 0 Å². The predicted molar refractivity (Wildman–Crippen MR) is 161 cm³/mol. The van der Waals surface area contributed by atoms with Gasteiger partial charge in [0.15, 0.2) is 12.0 Å². The van der Waals surface area contributed by atoms with Crippen molar-refractivity contribution in [3.63, 3.8) is 0 Å². The number of anilines is 2. The summed E-state index contributed by atoms with van der Waals surface area (Å²) in [4.78, 5) is 30.3. The molecular weight excluding hydrogens is 534 g/mol. The largest absolute Gasteiger partial charge is 0.463 e. The second kappa shape index (κ2) is 14.4. The van der Waals surface area contributed by atoms with Gasteiger partial charge in [-0.1, -0.05) is 42.5 Å². The van der Waals surface area contributed by atoms with Crippen molar-refractivity contribution in [2.45, 2.75) is 25.8 Å². The molecule has 0 bridgehead atoms. The van der Waals surface area contributed by atoms with Gasteiger partial charge in [0.05, 0.1) is 24.6 Å². The van der Waals surface area contributed by atoms with Crippen molar-refractivity contribution in [1.82, 2.24) is 15.1 Å². The van der Waals surface area contributed by atoms with Crippen molar-refractivity contribution < 1.29 is 23.8 Å². The molecule has 1 aliphatic carbocycles. The number of rotatable bonds is 10. The van der Waals surface area contributed by atoms with Gasteiger partial charge in [-0.2, -0.15) is 0 Å². The summed E-state index contributed by atoms with van der Waals surface area (Å²) in [6, 6.07) is 14.0. The van der Waals surface area contributed by atoms with E-state index in [4.69, 9.17) is 19.9 Å². The SMILES string of the molecule is Nc1ccccc1NC(=O)c1ccc(CN(CCCN2CCOCC2)C(=O)NC2=COC=C(C3=CC=CCC3)O2)cc1. The smallest absolute Gasteiger partial charge is 0.324 e. The Labute approximate surface area is 246 Å². The lowest BCUT2D eigenvalue weighted by Gasteiger charge is -2.29. The van der Waals surface area contributed by atoms with Crippen LogP contribution in [0.15, 0.2) is 96.5 Å². The molecule has 0 atom stereocenters. The Hall–Kier alpha value is -4.54. The molecule has 1 saturated heterocycles. The monoisotopic (exact) mass is 571 g/mol. The fourth-order valence-corrected chi connectivity index (χ4v) is 4.86. The van der Waals surface area contributed by atoms with Crippen molar-refractivity contribution in [3.8, 4) is 0 Å². The van der Waals surface area contributed by atoms with Gasteiger partial charge in [0.25, 0.3) is 5.91 Å². The Morgan fingerprint density at radius 2 is 1.81 bits per heavy atom. The summed E-state index contributed by atoms with van der Waals surface area (Å²) in [5.41, 5.74) is 9.42. The number of carbonyl (C=O) groups is 2. The van der Waals surface area contributed by atoms with E-state index in [0.717, 1.165) is 63.2 Å². The molecule has 2 aromatic rings. The molecule has 42 heavy (non-hydrogen) atoms. The molecule has 0 unspecified atom stereocenters. The van der Waals surface area contributed by atoms with Gasteiger partial charge in [0, 0.05) is 38.3 Å². The summed E-state index contributed by atoms with van der Waals surface area (Å²) in [6.07, 6.45) is 11.6. The second-order valence-electron chi connectivity index (χ2n) is 10.3. The van der Waals surface area contributed by atoms with E-state index in [1.165, 1.54) is 6.26 Å². The summed E-state index contributed by atoms with van der Waals surface area (Å²) in [6.45, 7) is 5.00. The molecule has 4 N–H and O–H groups in total. The van der Waals surface area contributed by atoms with E-state index in [1.54, 1.807) is 35.4 Å². The second-order valence-corrected chi connectivity index (χ2v) is 10.3. The van der Waals surface area contributed by atoms with E-state index >= 15 is 0 Å². The Balaban J connectivity index is 1.22. The van der Waals surface area contributed by atoms with Gasteiger partial charge in [-0.3, -0.25) is 15.0 Å². The number of benzene rings is 2. The minimum Gasteiger partial charge on any atom is -0.463 e. The zero-order valence-corrected chi connectivity index (χ0v) is 23.6. The molecule has 3 aliphatic rings. The first-order valence-electron chi connectivity index (χ1n) is 14.3. The summed E-state index contributed by atoms with van der Waals surface area (Å²) >= 11 is 0. The van der Waals surface area contributed by atoms with Crippen LogP contribution in [0.1, 0.15) is 35.2 Å². The molecular formula is C32H37N5O5.